The summed E-state index contributed by atoms with van der Waals surface area (Å²) in [5.74, 6) is 0.0614. The summed E-state index contributed by atoms with van der Waals surface area (Å²) in [5, 5.41) is 6.27. The number of primary amides is 1. The highest BCUT2D eigenvalue weighted by Crippen LogP contribution is 2.32. The van der Waals surface area contributed by atoms with E-state index < -0.39 is 6.03 Å². The maximum Gasteiger partial charge on any atom is 0.319 e. The molecule has 0 atom stereocenters. The average molecular weight is 370 g/mol. The fourth-order valence-corrected chi connectivity index (χ4v) is 3.86. The molecule has 1 saturated carbocycles. The SMILES string of the molecule is NC(=O)Nc1c[n+](C2CCC(CN3C(=O)c4ccccc4C3=O)CC2)no1. The van der Waals surface area contributed by atoms with Gasteiger partial charge in [0, 0.05) is 19.4 Å². The molecule has 2 aliphatic rings. The number of carbonyl (C=O) groups is 3. The van der Waals surface area contributed by atoms with E-state index in [1.165, 1.54) is 4.90 Å². The summed E-state index contributed by atoms with van der Waals surface area (Å²) in [6, 6.07) is 6.39. The lowest BCUT2D eigenvalue weighted by Crippen LogP contribution is -2.44. The lowest BCUT2D eigenvalue weighted by atomic mass is 9.85. The molecular formula is C18H20N5O4+. The van der Waals surface area contributed by atoms with Gasteiger partial charge in [-0.1, -0.05) is 12.1 Å². The van der Waals surface area contributed by atoms with Gasteiger partial charge in [0.25, 0.3) is 18.0 Å². The van der Waals surface area contributed by atoms with Crippen LogP contribution in [0.3, 0.4) is 0 Å². The molecule has 4 rings (SSSR count). The number of benzene rings is 1. The number of rotatable bonds is 4. The number of urea groups is 1. The van der Waals surface area contributed by atoms with Crippen LogP contribution in [-0.4, -0.2) is 34.6 Å². The standard InChI is InChI=1S/C18H19N5O4/c19-18(26)20-15-10-23(21-27-15)12-7-5-11(6-8-12)9-22-16(24)13-3-1-2-4-14(13)17(22)25/h1-4,10-12H,5-9H2,(H2-,19,20,21,26)/p+1. The van der Waals surface area contributed by atoms with Crippen LogP contribution in [0, 0.1) is 5.92 Å². The zero-order valence-corrected chi connectivity index (χ0v) is 14.6. The number of amides is 4. The Morgan fingerprint density at radius 1 is 1.19 bits per heavy atom. The molecule has 3 N–H and O–H groups in total. The normalized spacial score (nSPS) is 22.0. The van der Waals surface area contributed by atoms with Crippen molar-refractivity contribution in [2.45, 2.75) is 31.7 Å². The Bertz CT molecular complexity index is 866. The monoisotopic (exact) mass is 370 g/mol. The molecule has 9 heteroatoms. The van der Waals surface area contributed by atoms with Crippen LogP contribution < -0.4 is 15.7 Å². The van der Waals surface area contributed by atoms with Crippen molar-refractivity contribution in [3.8, 4) is 0 Å². The van der Waals surface area contributed by atoms with E-state index in [1.807, 2.05) is 0 Å². The molecule has 2 heterocycles. The third-order valence-electron chi connectivity index (χ3n) is 5.24. The fourth-order valence-electron chi connectivity index (χ4n) is 3.86. The van der Waals surface area contributed by atoms with Gasteiger partial charge in [-0.3, -0.25) is 24.3 Å². The summed E-state index contributed by atoms with van der Waals surface area (Å²) in [6.07, 6.45) is 5.05. The van der Waals surface area contributed by atoms with Crippen LogP contribution in [0.1, 0.15) is 52.4 Å². The predicted molar refractivity (Wildman–Crippen MR) is 92.7 cm³/mol. The Morgan fingerprint density at radius 3 is 2.41 bits per heavy atom. The van der Waals surface area contributed by atoms with Crippen molar-refractivity contribution >= 4 is 23.7 Å². The number of aromatic nitrogens is 2. The van der Waals surface area contributed by atoms with Crippen LogP contribution in [0.5, 0.6) is 0 Å². The number of anilines is 1. The highest BCUT2D eigenvalue weighted by Gasteiger charge is 2.38. The van der Waals surface area contributed by atoms with E-state index in [9.17, 15) is 14.4 Å². The van der Waals surface area contributed by atoms with E-state index in [0.717, 1.165) is 25.7 Å². The van der Waals surface area contributed by atoms with E-state index in [1.54, 1.807) is 35.1 Å². The molecule has 1 fully saturated rings. The van der Waals surface area contributed by atoms with Crippen molar-refractivity contribution in [1.29, 1.82) is 0 Å². The van der Waals surface area contributed by atoms with Crippen molar-refractivity contribution < 1.29 is 23.6 Å². The second kappa shape index (κ2) is 6.82. The number of imide groups is 1. The Labute approximate surface area is 155 Å². The lowest BCUT2D eigenvalue weighted by molar-refractivity contribution is -0.787. The number of hydrogen-bond acceptors (Lipinski definition) is 5. The summed E-state index contributed by atoms with van der Waals surface area (Å²) in [5.41, 5.74) is 6.03. The quantitative estimate of drug-likeness (QED) is 0.623. The second-order valence-electron chi connectivity index (χ2n) is 6.98. The summed E-state index contributed by atoms with van der Waals surface area (Å²) < 4.78 is 6.71. The van der Waals surface area contributed by atoms with Crippen LogP contribution in [0.25, 0.3) is 0 Å². The van der Waals surface area contributed by atoms with Crippen LogP contribution in [0.4, 0.5) is 10.7 Å². The van der Waals surface area contributed by atoms with Gasteiger partial charge in [-0.2, -0.15) is 0 Å². The summed E-state index contributed by atoms with van der Waals surface area (Å²) in [4.78, 5) is 37.2. The van der Waals surface area contributed by atoms with Crippen LogP contribution in [0.2, 0.25) is 0 Å². The molecule has 0 unspecified atom stereocenters. The zero-order valence-electron chi connectivity index (χ0n) is 14.6. The van der Waals surface area contributed by atoms with Crippen LogP contribution >= 0.6 is 0 Å². The minimum Gasteiger partial charge on any atom is -0.351 e. The first-order valence-electron chi connectivity index (χ1n) is 8.92. The van der Waals surface area contributed by atoms with Gasteiger partial charge in [-0.15, -0.1) is 0 Å². The van der Waals surface area contributed by atoms with Gasteiger partial charge >= 0.3 is 11.9 Å². The Kier molecular flexibility index (Phi) is 4.35. The second-order valence-corrected chi connectivity index (χ2v) is 6.98. The summed E-state index contributed by atoms with van der Waals surface area (Å²) in [7, 11) is 0. The molecule has 9 nitrogen and oxygen atoms in total. The Morgan fingerprint density at radius 2 is 1.81 bits per heavy atom. The molecule has 0 spiro atoms. The Balaban J connectivity index is 1.35. The topological polar surface area (TPSA) is 122 Å². The molecule has 1 aromatic carbocycles. The minimum absolute atomic E-state index is 0.149. The number of nitrogens with two attached hydrogens (primary N) is 1. The molecule has 1 aliphatic heterocycles. The van der Waals surface area contributed by atoms with Gasteiger partial charge in [0.1, 0.15) is 0 Å². The number of nitrogens with zero attached hydrogens (tertiary/aromatic N) is 3. The van der Waals surface area contributed by atoms with Crippen molar-refractivity contribution in [2.75, 3.05) is 11.9 Å². The molecule has 4 amide bonds. The highest BCUT2D eigenvalue weighted by atomic mass is 16.5. The van der Waals surface area contributed by atoms with Gasteiger partial charge < -0.3 is 5.73 Å². The van der Waals surface area contributed by atoms with Gasteiger partial charge in [-0.05, 0) is 35.6 Å². The molecular weight excluding hydrogens is 350 g/mol. The minimum atomic E-state index is -0.706. The van der Waals surface area contributed by atoms with Crippen molar-refractivity contribution in [3.05, 3.63) is 41.6 Å². The first kappa shape index (κ1) is 17.2. The fraction of sp³-hybridized carbons (Fsp3) is 0.389. The molecule has 140 valence electrons. The first-order chi connectivity index (χ1) is 13.0. The van der Waals surface area contributed by atoms with E-state index in [2.05, 4.69) is 10.6 Å². The zero-order chi connectivity index (χ0) is 19.0. The average Bonchev–Trinajstić information content (AvgIpc) is 3.21. The van der Waals surface area contributed by atoms with E-state index >= 15 is 0 Å². The molecule has 1 aromatic heterocycles. The summed E-state index contributed by atoms with van der Waals surface area (Å²) in [6.45, 7) is 0.441. The smallest absolute Gasteiger partial charge is 0.319 e. The highest BCUT2D eigenvalue weighted by molar-refractivity contribution is 6.21. The number of nitrogens with one attached hydrogen (secondary N) is 1. The molecule has 0 saturated heterocycles. The van der Waals surface area contributed by atoms with E-state index in [0.29, 0.717) is 17.7 Å². The van der Waals surface area contributed by atoms with Crippen molar-refractivity contribution in [2.24, 2.45) is 11.7 Å². The van der Waals surface area contributed by atoms with Gasteiger partial charge in [0.15, 0.2) is 6.04 Å². The van der Waals surface area contributed by atoms with Crippen molar-refractivity contribution in [1.82, 2.24) is 10.2 Å². The molecule has 1 aliphatic carbocycles. The van der Waals surface area contributed by atoms with Gasteiger partial charge in [0.05, 0.1) is 11.1 Å². The first-order valence-corrected chi connectivity index (χ1v) is 8.92. The third kappa shape index (κ3) is 3.27. The molecule has 2 aromatic rings. The Hall–Kier alpha value is -3.23. The van der Waals surface area contributed by atoms with Crippen LogP contribution in [-0.2, 0) is 0 Å². The van der Waals surface area contributed by atoms with Crippen LogP contribution in [0.15, 0.2) is 35.0 Å². The molecule has 27 heavy (non-hydrogen) atoms. The number of fused-ring (bicyclic) bond motifs is 1. The van der Waals surface area contributed by atoms with E-state index in [4.69, 9.17) is 10.3 Å². The van der Waals surface area contributed by atoms with Gasteiger partial charge in [-0.25, -0.2) is 4.79 Å². The lowest BCUT2D eigenvalue weighted by Gasteiger charge is -2.27. The maximum atomic E-state index is 12.5. The van der Waals surface area contributed by atoms with Crippen molar-refractivity contribution in [3.63, 3.8) is 0 Å². The molecule has 0 radical (unpaired) electrons. The molecule has 0 bridgehead atoms. The maximum absolute atomic E-state index is 12.5. The van der Waals surface area contributed by atoms with Gasteiger partial charge in [0.2, 0.25) is 5.27 Å². The number of hydrogen-bond donors (Lipinski definition) is 2. The third-order valence-corrected chi connectivity index (χ3v) is 5.24. The largest absolute Gasteiger partial charge is 0.351 e. The number of carbonyl (C=O) groups excluding carboxylic acids is 3. The van der Waals surface area contributed by atoms with E-state index in [-0.39, 0.29) is 29.7 Å². The predicted octanol–water partition coefficient (Wildman–Crippen LogP) is 1.48. The summed E-state index contributed by atoms with van der Waals surface area (Å²) >= 11 is 0.